The van der Waals surface area contributed by atoms with E-state index in [1.54, 1.807) is 6.20 Å². The van der Waals surface area contributed by atoms with E-state index in [0.717, 1.165) is 38.9 Å². The molecule has 0 aliphatic carbocycles. The molecule has 1 aromatic rings. The molecule has 0 unspecified atom stereocenters. The molecule has 2 heterocycles. The molecule has 1 N–H and O–H groups in total. The Hall–Kier alpha value is -1.40. The molecular formula is C16H29N5O. The van der Waals surface area contributed by atoms with E-state index in [-0.39, 0.29) is 11.9 Å². The van der Waals surface area contributed by atoms with Gasteiger partial charge in [0.15, 0.2) is 0 Å². The second-order valence-electron chi connectivity index (χ2n) is 6.48. The summed E-state index contributed by atoms with van der Waals surface area (Å²) >= 11 is 0. The summed E-state index contributed by atoms with van der Waals surface area (Å²) in [5.74, 6) is 0.120. The van der Waals surface area contributed by atoms with Gasteiger partial charge in [-0.3, -0.25) is 14.4 Å². The highest BCUT2D eigenvalue weighted by Gasteiger charge is 2.22. The van der Waals surface area contributed by atoms with Crippen LogP contribution in [0.15, 0.2) is 18.5 Å². The predicted molar refractivity (Wildman–Crippen MR) is 87.6 cm³/mol. The Kier molecular flexibility index (Phi) is 6.39. The Morgan fingerprint density at radius 2 is 2.18 bits per heavy atom. The highest BCUT2D eigenvalue weighted by atomic mass is 16.2. The SMILES string of the molecule is C[C@@H](CCn1cccn1)NC(=O)CN(C)C1CCN(C)CC1. The molecule has 2 rings (SSSR count). The average Bonchev–Trinajstić information content (AvgIpc) is 2.99. The Morgan fingerprint density at radius 3 is 2.82 bits per heavy atom. The zero-order valence-corrected chi connectivity index (χ0v) is 14.0. The predicted octanol–water partition coefficient (Wildman–Crippen LogP) is 0.804. The third-order valence-electron chi connectivity index (χ3n) is 4.46. The fourth-order valence-corrected chi connectivity index (χ4v) is 2.94. The van der Waals surface area contributed by atoms with E-state index < -0.39 is 0 Å². The van der Waals surface area contributed by atoms with Crippen molar-refractivity contribution in [2.75, 3.05) is 33.7 Å². The molecular weight excluding hydrogens is 278 g/mol. The molecule has 0 spiro atoms. The molecule has 0 radical (unpaired) electrons. The van der Waals surface area contributed by atoms with E-state index in [4.69, 9.17) is 0 Å². The van der Waals surface area contributed by atoms with Gasteiger partial charge in [-0.1, -0.05) is 0 Å². The molecule has 1 aliphatic rings. The van der Waals surface area contributed by atoms with Gasteiger partial charge in [-0.25, -0.2) is 0 Å². The summed E-state index contributed by atoms with van der Waals surface area (Å²) in [6.07, 6.45) is 6.91. The largest absolute Gasteiger partial charge is 0.352 e. The van der Waals surface area contributed by atoms with Crippen LogP contribution in [-0.2, 0) is 11.3 Å². The van der Waals surface area contributed by atoms with Crippen LogP contribution < -0.4 is 5.32 Å². The minimum absolute atomic E-state index is 0.120. The Labute approximate surface area is 133 Å². The molecule has 0 bridgehead atoms. The van der Waals surface area contributed by atoms with Gasteiger partial charge >= 0.3 is 0 Å². The second kappa shape index (κ2) is 8.29. The number of piperidine rings is 1. The topological polar surface area (TPSA) is 53.4 Å². The van der Waals surface area contributed by atoms with E-state index >= 15 is 0 Å². The lowest BCUT2D eigenvalue weighted by atomic mass is 10.0. The van der Waals surface area contributed by atoms with Crippen molar-refractivity contribution in [3.63, 3.8) is 0 Å². The van der Waals surface area contributed by atoms with Gasteiger partial charge in [-0.15, -0.1) is 0 Å². The van der Waals surface area contributed by atoms with Crippen LogP contribution >= 0.6 is 0 Å². The van der Waals surface area contributed by atoms with Crippen molar-refractivity contribution in [2.45, 2.75) is 44.8 Å². The maximum Gasteiger partial charge on any atom is 0.234 e. The summed E-state index contributed by atoms with van der Waals surface area (Å²) in [4.78, 5) is 16.7. The van der Waals surface area contributed by atoms with Crippen molar-refractivity contribution in [3.8, 4) is 0 Å². The van der Waals surface area contributed by atoms with Crippen molar-refractivity contribution in [2.24, 2.45) is 0 Å². The van der Waals surface area contributed by atoms with Crippen LogP contribution in [0.25, 0.3) is 0 Å². The van der Waals surface area contributed by atoms with Crippen LogP contribution in [0.2, 0.25) is 0 Å². The van der Waals surface area contributed by atoms with Crippen molar-refractivity contribution >= 4 is 5.91 Å². The van der Waals surface area contributed by atoms with Crippen LogP contribution in [0.5, 0.6) is 0 Å². The van der Waals surface area contributed by atoms with E-state index in [9.17, 15) is 4.79 Å². The zero-order valence-electron chi connectivity index (χ0n) is 14.0. The first kappa shape index (κ1) is 17.0. The van der Waals surface area contributed by atoms with E-state index in [0.29, 0.717) is 12.6 Å². The highest BCUT2D eigenvalue weighted by molar-refractivity contribution is 5.78. The molecule has 1 saturated heterocycles. The summed E-state index contributed by atoms with van der Waals surface area (Å²) in [6.45, 7) is 5.62. The lowest BCUT2D eigenvalue weighted by Crippen LogP contribution is -2.47. The minimum Gasteiger partial charge on any atom is -0.352 e. The van der Waals surface area contributed by atoms with Crippen LogP contribution in [0.3, 0.4) is 0 Å². The van der Waals surface area contributed by atoms with Crippen molar-refractivity contribution in [1.82, 2.24) is 24.9 Å². The van der Waals surface area contributed by atoms with Crippen molar-refractivity contribution in [1.29, 1.82) is 0 Å². The number of nitrogens with zero attached hydrogens (tertiary/aromatic N) is 4. The summed E-state index contributed by atoms with van der Waals surface area (Å²) in [5.41, 5.74) is 0. The third-order valence-corrected chi connectivity index (χ3v) is 4.46. The standard InChI is InChI=1S/C16H29N5O/c1-14(5-12-21-9-4-8-17-21)18-16(22)13-20(3)15-6-10-19(2)11-7-15/h4,8-9,14-15H,5-7,10-13H2,1-3H3,(H,18,22)/t14-/m0/s1. The van der Waals surface area contributed by atoms with Gasteiger partial charge in [0.05, 0.1) is 6.54 Å². The number of nitrogens with one attached hydrogen (secondary N) is 1. The number of likely N-dealkylation sites (tertiary alicyclic amines) is 1. The molecule has 22 heavy (non-hydrogen) atoms. The van der Waals surface area contributed by atoms with Crippen molar-refractivity contribution < 1.29 is 4.79 Å². The first-order valence-corrected chi connectivity index (χ1v) is 8.20. The first-order chi connectivity index (χ1) is 10.5. The van der Waals surface area contributed by atoms with Gasteiger partial charge in [-0.2, -0.15) is 5.10 Å². The number of carbonyl (C=O) groups excluding carboxylic acids is 1. The highest BCUT2D eigenvalue weighted by Crippen LogP contribution is 2.13. The first-order valence-electron chi connectivity index (χ1n) is 8.20. The van der Waals surface area contributed by atoms with Gasteiger partial charge in [0.2, 0.25) is 5.91 Å². The van der Waals surface area contributed by atoms with Gasteiger partial charge in [-0.05, 0) is 59.4 Å². The Balaban J connectivity index is 1.65. The number of rotatable bonds is 7. The lowest BCUT2D eigenvalue weighted by molar-refractivity contribution is -0.123. The summed E-state index contributed by atoms with van der Waals surface area (Å²) in [5, 5.41) is 7.26. The normalized spacial score (nSPS) is 18.5. The smallest absolute Gasteiger partial charge is 0.234 e. The molecule has 1 amide bonds. The fourth-order valence-electron chi connectivity index (χ4n) is 2.94. The molecule has 0 saturated carbocycles. The van der Waals surface area contributed by atoms with Crippen molar-refractivity contribution in [3.05, 3.63) is 18.5 Å². The molecule has 0 aromatic carbocycles. The second-order valence-corrected chi connectivity index (χ2v) is 6.48. The Morgan fingerprint density at radius 1 is 1.45 bits per heavy atom. The number of aromatic nitrogens is 2. The van der Waals surface area contributed by atoms with Gasteiger partial charge in [0.1, 0.15) is 0 Å². The summed E-state index contributed by atoms with van der Waals surface area (Å²) in [7, 11) is 4.22. The lowest BCUT2D eigenvalue weighted by Gasteiger charge is -2.34. The maximum absolute atomic E-state index is 12.1. The van der Waals surface area contributed by atoms with Gasteiger partial charge in [0.25, 0.3) is 0 Å². The molecule has 124 valence electrons. The quantitative estimate of drug-likeness (QED) is 0.810. The van der Waals surface area contributed by atoms with Gasteiger partial charge < -0.3 is 10.2 Å². The van der Waals surface area contributed by atoms with Crippen LogP contribution in [-0.4, -0.2) is 71.3 Å². The van der Waals surface area contributed by atoms with E-state index in [1.807, 2.05) is 16.9 Å². The number of hydrogen-bond donors (Lipinski definition) is 1. The molecule has 1 aromatic heterocycles. The third kappa shape index (κ3) is 5.42. The molecule has 6 heteroatoms. The summed E-state index contributed by atoms with van der Waals surface area (Å²) in [6, 6.07) is 2.61. The zero-order chi connectivity index (χ0) is 15.9. The number of hydrogen-bond acceptors (Lipinski definition) is 4. The Bertz CT molecular complexity index is 439. The number of amides is 1. The van der Waals surface area contributed by atoms with E-state index in [1.165, 1.54) is 0 Å². The summed E-state index contributed by atoms with van der Waals surface area (Å²) < 4.78 is 1.90. The number of aryl methyl sites for hydroxylation is 1. The van der Waals surface area contributed by atoms with Crippen LogP contribution in [0.1, 0.15) is 26.2 Å². The number of likely N-dealkylation sites (N-methyl/N-ethyl adjacent to an activating group) is 1. The fraction of sp³-hybridized carbons (Fsp3) is 0.750. The average molecular weight is 307 g/mol. The molecule has 1 aliphatic heterocycles. The maximum atomic E-state index is 12.1. The minimum atomic E-state index is 0.120. The van der Waals surface area contributed by atoms with Crippen LogP contribution in [0.4, 0.5) is 0 Å². The van der Waals surface area contributed by atoms with Gasteiger partial charge in [0, 0.05) is 31.0 Å². The molecule has 1 atom stereocenters. The molecule has 6 nitrogen and oxygen atoms in total. The van der Waals surface area contributed by atoms with Crippen LogP contribution in [0, 0.1) is 0 Å². The monoisotopic (exact) mass is 307 g/mol. The van der Waals surface area contributed by atoms with E-state index in [2.05, 4.69) is 41.2 Å². The number of carbonyl (C=O) groups is 1. The molecule has 1 fully saturated rings.